The molecule has 0 amide bonds. The van der Waals surface area contributed by atoms with Gasteiger partial charge in [0.05, 0.1) is 0 Å². The van der Waals surface area contributed by atoms with Crippen molar-refractivity contribution in [3.63, 3.8) is 0 Å². The minimum Gasteiger partial charge on any atom is -0.368 e. The van der Waals surface area contributed by atoms with Gasteiger partial charge in [0.25, 0.3) is 0 Å². The van der Waals surface area contributed by atoms with E-state index in [4.69, 9.17) is 5.73 Å². The van der Waals surface area contributed by atoms with E-state index in [1.54, 1.807) is 6.07 Å². The fourth-order valence-corrected chi connectivity index (χ4v) is 1.98. The Labute approximate surface area is 97.0 Å². The smallest absolute Gasteiger partial charge is 0.348 e. The summed E-state index contributed by atoms with van der Waals surface area (Å²) < 4.78 is 1.35. The van der Waals surface area contributed by atoms with Gasteiger partial charge in [0.15, 0.2) is 5.65 Å². The molecule has 0 saturated heterocycles. The number of aromatic amines is 1. The van der Waals surface area contributed by atoms with Crippen molar-refractivity contribution in [3.05, 3.63) is 22.9 Å². The normalized spacial score (nSPS) is 17.9. The Morgan fingerprint density at radius 3 is 3.12 bits per heavy atom. The maximum absolute atomic E-state index is 11.2. The minimum atomic E-state index is -0.284. The Kier molecular flexibility index (Phi) is 2.15. The van der Waals surface area contributed by atoms with Crippen LogP contribution in [-0.4, -0.2) is 31.7 Å². The highest BCUT2D eigenvalue weighted by Crippen LogP contribution is 2.28. The molecular weight excluding hydrogens is 220 g/mol. The van der Waals surface area contributed by atoms with Crippen molar-refractivity contribution in [2.45, 2.75) is 24.8 Å². The van der Waals surface area contributed by atoms with Crippen molar-refractivity contribution in [1.82, 2.24) is 19.6 Å². The summed E-state index contributed by atoms with van der Waals surface area (Å²) in [6, 6.07) is 1.72. The monoisotopic (exact) mass is 234 g/mol. The topological polar surface area (TPSA) is 101 Å². The summed E-state index contributed by atoms with van der Waals surface area (Å²) in [5.41, 5.74) is 6.27. The second-order valence-corrected chi connectivity index (χ2v) is 4.60. The Hall–Kier alpha value is -1.89. The van der Waals surface area contributed by atoms with Crippen LogP contribution in [0.4, 0.5) is 5.82 Å². The van der Waals surface area contributed by atoms with Gasteiger partial charge in [-0.15, -0.1) is 0 Å². The van der Waals surface area contributed by atoms with Crippen molar-refractivity contribution >= 4 is 11.5 Å². The number of nitrogens with zero attached hydrogens (tertiary/aromatic N) is 3. The fraction of sp³-hybridized carbons (Fsp3) is 0.500. The largest absolute Gasteiger partial charge is 0.368 e. The molecule has 0 bridgehead atoms. The first kappa shape index (κ1) is 10.3. The molecule has 1 aliphatic rings. The summed E-state index contributed by atoms with van der Waals surface area (Å²) in [6.45, 7) is 0.699. The Bertz CT molecular complexity index is 596. The van der Waals surface area contributed by atoms with Gasteiger partial charge in [-0.25, -0.2) is 19.3 Å². The van der Waals surface area contributed by atoms with Gasteiger partial charge in [-0.05, 0) is 19.3 Å². The van der Waals surface area contributed by atoms with Crippen molar-refractivity contribution in [1.29, 1.82) is 0 Å². The molecule has 90 valence electrons. The highest BCUT2D eigenvalue weighted by molar-refractivity contribution is 5.48. The molecule has 0 atom stereocenters. The van der Waals surface area contributed by atoms with Crippen LogP contribution in [0.2, 0.25) is 0 Å². The lowest BCUT2D eigenvalue weighted by Gasteiger charge is -2.38. The predicted octanol–water partition coefficient (Wildman–Crippen LogP) is -0.289. The third-order valence-electron chi connectivity index (χ3n) is 3.28. The molecule has 0 radical (unpaired) electrons. The summed E-state index contributed by atoms with van der Waals surface area (Å²) in [6.07, 6.45) is 4.74. The Morgan fingerprint density at radius 1 is 1.59 bits per heavy atom. The molecular formula is C10H14N6O. The third-order valence-corrected chi connectivity index (χ3v) is 3.28. The summed E-state index contributed by atoms with van der Waals surface area (Å²) in [5, 5.41) is 9.42. The second kappa shape index (κ2) is 3.56. The van der Waals surface area contributed by atoms with Gasteiger partial charge in [-0.3, -0.25) is 0 Å². The van der Waals surface area contributed by atoms with Gasteiger partial charge in [-0.2, -0.15) is 5.10 Å². The van der Waals surface area contributed by atoms with Gasteiger partial charge in [0.1, 0.15) is 12.1 Å². The number of H-pyrrole nitrogens is 1. The van der Waals surface area contributed by atoms with Crippen molar-refractivity contribution in [2.24, 2.45) is 5.73 Å². The first-order chi connectivity index (χ1) is 8.16. The number of fused-ring (bicyclic) bond motifs is 1. The molecule has 2 aromatic rings. The molecule has 3 rings (SSSR count). The van der Waals surface area contributed by atoms with E-state index < -0.39 is 0 Å². The lowest BCUT2D eigenvalue weighted by Crippen LogP contribution is -2.52. The summed E-state index contributed by atoms with van der Waals surface area (Å²) in [4.78, 5) is 15.4. The van der Waals surface area contributed by atoms with E-state index in [2.05, 4.69) is 20.5 Å². The Morgan fingerprint density at radius 2 is 2.41 bits per heavy atom. The molecule has 17 heavy (non-hydrogen) atoms. The molecule has 0 spiro atoms. The van der Waals surface area contributed by atoms with E-state index in [9.17, 15) is 4.79 Å². The summed E-state index contributed by atoms with van der Waals surface area (Å²) >= 11 is 0. The molecule has 1 fully saturated rings. The van der Waals surface area contributed by atoms with Crippen molar-refractivity contribution in [3.8, 4) is 0 Å². The van der Waals surface area contributed by atoms with Gasteiger partial charge < -0.3 is 11.1 Å². The average molecular weight is 234 g/mol. The average Bonchev–Trinajstić information content (AvgIpc) is 2.66. The Balaban J connectivity index is 1.79. The number of nitrogens with two attached hydrogens (primary N) is 1. The van der Waals surface area contributed by atoms with Crippen LogP contribution in [0, 0.1) is 0 Å². The number of anilines is 1. The van der Waals surface area contributed by atoms with E-state index in [1.165, 1.54) is 17.1 Å². The van der Waals surface area contributed by atoms with Crippen molar-refractivity contribution in [2.75, 3.05) is 11.9 Å². The van der Waals surface area contributed by atoms with Crippen LogP contribution in [0.25, 0.3) is 5.65 Å². The highest BCUT2D eigenvalue weighted by Gasteiger charge is 2.32. The maximum Gasteiger partial charge on any atom is 0.348 e. The van der Waals surface area contributed by atoms with E-state index in [-0.39, 0.29) is 11.2 Å². The quantitative estimate of drug-likeness (QED) is 0.677. The minimum absolute atomic E-state index is 0.0982. The van der Waals surface area contributed by atoms with E-state index in [0.717, 1.165) is 12.8 Å². The zero-order valence-corrected chi connectivity index (χ0v) is 9.31. The van der Waals surface area contributed by atoms with Crippen LogP contribution in [0.15, 0.2) is 17.2 Å². The summed E-state index contributed by atoms with van der Waals surface area (Å²) in [5.74, 6) is 0.688. The van der Waals surface area contributed by atoms with Gasteiger partial charge in [-0.1, -0.05) is 0 Å². The standard InChI is InChI=1S/C10H14N6O/c11-10(2-1-3-10)5-12-7-4-8-14-15-9(17)16(8)6-13-7/h4,6,12H,1-3,5,11H2,(H,15,17). The first-order valence-corrected chi connectivity index (χ1v) is 5.62. The van der Waals surface area contributed by atoms with Crippen LogP contribution in [-0.2, 0) is 0 Å². The molecule has 1 saturated carbocycles. The lowest BCUT2D eigenvalue weighted by atomic mass is 9.78. The molecule has 0 unspecified atom stereocenters. The molecule has 0 aromatic carbocycles. The third kappa shape index (κ3) is 1.78. The van der Waals surface area contributed by atoms with Gasteiger partial charge >= 0.3 is 5.69 Å². The van der Waals surface area contributed by atoms with Crippen LogP contribution >= 0.6 is 0 Å². The SMILES string of the molecule is NC1(CNc2cc3n[nH]c(=O)n3cn2)CCC1. The molecule has 1 aliphatic carbocycles. The van der Waals surface area contributed by atoms with Crippen LogP contribution < -0.4 is 16.7 Å². The maximum atomic E-state index is 11.2. The first-order valence-electron chi connectivity index (χ1n) is 5.62. The zero-order chi connectivity index (χ0) is 11.9. The zero-order valence-electron chi connectivity index (χ0n) is 9.31. The number of hydrogen-bond donors (Lipinski definition) is 3. The van der Waals surface area contributed by atoms with E-state index in [1.807, 2.05) is 0 Å². The van der Waals surface area contributed by atoms with Crippen molar-refractivity contribution < 1.29 is 0 Å². The molecule has 4 N–H and O–H groups in total. The van der Waals surface area contributed by atoms with E-state index in [0.29, 0.717) is 18.0 Å². The molecule has 2 aromatic heterocycles. The summed E-state index contributed by atoms with van der Waals surface area (Å²) in [7, 11) is 0. The number of rotatable bonds is 3. The lowest BCUT2D eigenvalue weighted by molar-refractivity contribution is 0.265. The van der Waals surface area contributed by atoms with Gasteiger partial charge in [0, 0.05) is 18.2 Å². The highest BCUT2D eigenvalue weighted by atomic mass is 16.1. The molecule has 2 heterocycles. The van der Waals surface area contributed by atoms with Crippen LogP contribution in [0.3, 0.4) is 0 Å². The molecule has 7 nitrogen and oxygen atoms in total. The molecule has 0 aliphatic heterocycles. The number of aromatic nitrogens is 4. The van der Waals surface area contributed by atoms with Gasteiger partial charge in [0.2, 0.25) is 0 Å². The fourth-order valence-electron chi connectivity index (χ4n) is 1.98. The number of nitrogens with one attached hydrogen (secondary N) is 2. The number of hydrogen-bond acceptors (Lipinski definition) is 5. The van der Waals surface area contributed by atoms with Crippen LogP contribution in [0.5, 0.6) is 0 Å². The van der Waals surface area contributed by atoms with Crippen LogP contribution in [0.1, 0.15) is 19.3 Å². The van der Waals surface area contributed by atoms with E-state index >= 15 is 0 Å². The molecule has 7 heteroatoms. The second-order valence-electron chi connectivity index (χ2n) is 4.60. The predicted molar refractivity (Wildman–Crippen MR) is 62.9 cm³/mol.